The third-order valence-corrected chi connectivity index (χ3v) is 5.34. The van der Waals surface area contributed by atoms with Crippen LogP contribution < -0.4 is 10.3 Å². The van der Waals surface area contributed by atoms with Crippen LogP contribution in [0.15, 0.2) is 81.1 Å². The van der Waals surface area contributed by atoms with E-state index in [1.54, 1.807) is 18.3 Å². The van der Waals surface area contributed by atoms with E-state index < -0.39 is 0 Å². The fourth-order valence-corrected chi connectivity index (χ4v) is 3.58. The van der Waals surface area contributed by atoms with Crippen molar-refractivity contribution in [2.24, 2.45) is 5.10 Å². The first-order valence-electron chi connectivity index (χ1n) is 10.1. The summed E-state index contributed by atoms with van der Waals surface area (Å²) in [4.78, 5) is 17.7. The van der Waals surface area contributed by atoms with Gasteiger partial charge in [-0.25, -0.2) is 9.37 Å². The molecule has 4 aromatic rings. The van der Waals surface area contributed by atoms with E-state index in [1.807, 2.05) is 56.3 Å². The average Bonchev–Trinajstić information content (AvgIpc) is 2.78. The van der Waals surface area contributed by atoms with Gasteiger partial charge in [-0.1, -0.05) is 41.9 Å². The van der Waals surface area contributed by atoms with Crippen LogP contribution in [-0.2, 0) is 6.61 Å². The van der Waals surface area contributed by atoms with Crippen molar-refractivity contribution in [2.45, 2.75) is 26.4 Å². The monoisotopic (exact) mass is 493 g/mol. The summed E-state index contributed by atoms with van der Waals surface area (Å²) >= 11 is 3.41. The Kier molecular flexibility index (Phi) is 6.46. The van der Waals surface area contributed by atoms with Gasteiger partial charge in [-0.05, 0) is 65.7 Å². The summed E-state index contributed by atoms with van der Waals surface area (Å²) < 4.78 is 21.2. The van der Waals surface area contributed by atoms with Crippen molar-refractivity contribution in [3.63, 3.8) is 0 Å². The van der Waals surface area contributed by atoms with Crippen molar-refractivity contribution in [3.8, 4) is 5.75 Å². The van der Waals surface area contributed by atoms with Crippen LogP contribution in [0.2, 0.25) is 0 Å². The molecule has 0 spiro atoms. The number of halogens is 2. The zero-order chi connectivity index (χ0) is 22.7. The first kappa shape index (κ1) is 21.9. The summed E-state index contributed by atoms with van der Waals surface area (Å²) in [7, 11) is 0. The summed E-state index contributed by atoms with van der Waals surface area (Å²) in [6.45, 7) is 4.23. The van der Waals surface area contributed by atoms with Crippen LogP contribution in [0.1, 0.15) is 36.7 Å². The van der Waals surface area contributed by atoms with E-state index in [1.165, 1.54) is 16.8 Å². The molecule has 0 amide bonds. The van der Waals surface area contributed by atoms with Gasteiger partial charge in [0.2, 0.25) is 0 Å². The molecule has 5 nitrogen and oxygen atoms in total. The van der Waals surface area contributed by atoms with Crippen molar-refractivity contribution < 1.29 is 9.13 Å². The van der Waals surface area contributed by atoms with Crippen LogP contribution in [0, 0.1) is 5.82 Å². The van der Waals surface area contributed by atoms with Gasteiger partial charge in [0, 0.05) is 10.4 Å². The molecular weight excluding hydrogens is 473 g/mol. The molecule has 0 atom stereocenters. The van der Waals surface area contributed by atoms with Crippen LogP contribution >= 0.6 is 15.9 Å². The molecule has 3 aromatic carbocycles. The van der Waals surface area contributed by atoms with Gasteiger partial charge in [0.05, 0.1) is 17.1 Å². The van der Waals surface area contributed by atoms with E-state index in [0.29, 0.717) is 22.5 Å². The Hall–Kier alpha value is -3.32. The molecule has 0 unspecified atom stereocenters. The molecule has 162 valence electrons. The van der Waals surface area contributed by atoms with Crippen molar-refractivity contribution in [2.75, 3.05) is 0 Å². The van der Waals surface area contributed by atoms with Gasteiger partial charge in [0.15, 0.2) is 0 Å². The molecule has 1 heterocycles. The third kappa shape index (κ3) is 4.94. The van der Waals surface area contributed by atoms with E-state index in [9.17, 15) is 9.18 Å². The number of hydrogen-bond acceptors (Lipinski definition) is 4. The highest BCUT2D eigenvalue weighted by Gasteiger charge is 2.13. The second kappa shape index (κ2) is 9.44. The van der Waals surface area contributed by atoms with Crippen molar-refractivity contribution >= 4 is 33.0 Å². The Morgan fingerprint density at radius 2 is 1.91 bits per heavy atom. The summed E-state index contributed by atoms with van der Waals surface area (Å²) in [5.74, 6) is 0.982. The molecule has 1 aromatic heterocycles. The lowest BCUT2D eigenvalue weighted by atomic mass is 10.2. The zero-order valence-corrected chi connectivity index (χ0v) is 19.2. The zero-order valence-electron chi connectivity index (χ0n) is 17.6. The standard InChI is InChI=1S/C25H21BrFN3O2/c1-16(2)24-29-23-11-8-19(26)13-22(23)25(31)30(24)28-14-17-6-9-21(10-7-17)32-15-18-4-3-5-20(27)12-18/h3-14,16H,15H2,1-2H3. The minimum atomic E-state index is -0.288. The Labute approximate surface area is 193 Å². The van der Waals surface area contributed by atoms with Gasteiger partial charge < -0.3 is 4.74 Å². The van der Waals surface area contributed by atoms with Crippen LogP contribution in [0.3, 0.4) is 0 Å². The molecule has 0 bridgehead atoms. The molecule has 0 saturated carbocycles. The molecule has 4 rings (SSSR count). The molecule has 0 radical (unpaired) electrons. The van der Waals surface area contributed by atoms with E-state index >= 15 is 0 Å². The Balaban J connectivity index is 1.57. The fraction of sp³-hybridized carbons (Fsp3) is 0.160. The summed E-state index contributed by atoms with van der Waals surface area (Å²) in [5.41, 5.74) is 1.99. The smallest absolute Gasteiger partial charge is 0.282 e. The molecule has 0 aliphatic heterocycles. The second-order valence-electron chi connectivity index (χ2n) is 7.64. The van der Waals surface area contributed by atoms with Crippen LogP contribution in [-0.4, -0.2) is 15.9 Å². The van der Waals surface area contributed by atoms with E-state index in [4.69, 9.17) is 4.74 Å². The van der Waals surface area contributed by atoms with E-state index in [2.05, 4.69) is 26.0 Å². The minimum Gasteiger partial charge on any atom is -0.489 e. The van der Waals surface area contributed by atoms with Gasteiger partial charge in [0.25, 0.3) is 5.56 Å². The Bertz CT molecular complexity index is 1350. The Morgan fingerprint density at radius 3 is 2.62 bits per heavy atom. The maximum atomic E-state index is 13.3. The van der Waals surface area contributed by atoms with Crippen molar-refractivity contribution in [3.05, 3.63) is 104 Å². The quantitative estimate of drug-likeness (QED) is 0.315. The number of benzene rings is 3. The molecule has 0 aliphatic carbocycles. The third-order valence-electron chi connectivity index (χ3n) is 4.85. The topological polar surface area (TPSA) is 56.5 Å². The molecule has 32 heavy (non-hydrogen) atoms. The predicted octanol–water partition coefficient (Wildman–Crippen LogP) is 5.88. The minimum absolute atomic E-state index is 0.0199. The van der Waals surface area contributed by atoms with Crippen LogP contribution in [0.5, 0.6) is 5.75 Å². The number of fused-ring (bicyclic) bond motifs is 1. The van der Waals surface area contributed by atoms with Gasteiger partial charge in [0.1, 0.15) is 24.0 Å². The van der Waals surface area contributed by atoms with Gasteiger partial charge in [-0.3, -0.25) is 4.79 Å². The molecule has 0 fully saturated rings. The van der Waals surface area contributed by atoms with Crippen LogP contribution in [0.4, 0.5) is 4.39 Å². The lowest BCUT2D eigenvalue weighted by Crippen LogP contribution is -2.23. The van der Waals surface area contributed by atoms with Crippen molar-refractivity contribution in [1.82, 2.24) is 9.66 Å². The normalized spacial score (nSPS) is 11.5. The number of hydrogen-bond donors (Lipinski definition) is 0. The lowest BCUT2D eigenvalue weighted by molar-refractivity contribution is 0.305. The van der Waals surface area contributed by atoms with E-state index in [-0.39, 0.29) is 23.9 Å². The summed E-state index contributed by atoms with van der Waals surface area (Å²) in [6, 6.07) is 19.1. The summed E-state index contributed by atoms with van der Waals surface area (Å²) in [5, 5.41) is 4.93. The highest BCUT2D eigenvalue weighted by atomic mass is 79.9. The number of nitrogens with zero attached hydrogens (tertiary/aromatic N) is 3. The van der Waals surface area contributed by atoms with E-state index in [0.717, 1.165) is 15.6 Å². The fourth-order valence-electron chi connectivity index (χ4n) is 3.22. The maximum Gasteiger partial charge on any atom is 0.282 e. The second-order valence-corrected chi connectivity index (χ2v) is 8.55. The number of ether oxygens (including phenoxy) is 1. The Morgan fingerprint density at radius 1 is 1.12 bits per heavy atom. The highest BCUT2D eigenvalue weighted by Crippen LogP contribution is 2.19. The predicted molar refractivity (Wildman–Crippen MR) is 128 cm³/mol. The first-order chi connectivity index (χ1) is 15.4. The van der Waals surface area contributed by atoms with Gasteiger partial charge in [-0.15, -0.1) is 0 Å². The molecular formula is C25H21BrFN3O2. The van der Waals surface area contributed by atoms with Crippen molar-refractivity contribution in [1.29, 1.82) is 0 Å². The maximum absolute atomic E-state index is 13.3. The number of rotatable bonds is 6. The first-order valence-corrected chi connectivity index (χ1v) is 10.9. The molecule has 7 heteroatoms. The lowest BCUT2D eigenvalue weighted by Gasteiger charge is -2.12. The SMILES string of the molecule is CC(C)c1nc2ccc(Br)cc2c(=O)n1N=Cc1ccc(OCc2cccc(F)c2)cc1. The summed E-state index contributed by atoms with van der Waals surface area (Å²) in [6.07, 6.45) is 1.62. The molecule has 0 N–H and O–H groups in total. The van der Waals surface area contributed by atoms with Gasteiger partial charge >= 0.3 is 0 Å². The van der Waals surface area contributed by atoms with Gasteiger partial charge in [-0.2, -0.15) is 9.78 Å². The highest BCUT2D eigenvalue weighted by molar-refractivity contribution is 9.10. The average molecular weight is 494 g/mol. The molecule has 0 saturated heterocycles. The van der Waals surface area contributed by atoms with Crippen LogP contribution in [0.25, 0.3) is 10.9 Å². The molecule has 0 aliphatic rings. The number of aromatic nitrogens is 2. The largest absolute Gasteiger partial charge is 0.489 e.